The lowest BCUT2D eigenvalue weighted by Gasteiger charge is -1.98. The number of rotatable bonds is 4. The number of aryl methyl sites for hydroxylation is 1. The molecule has 0 atom stereocenters. The molecule has 0 saturated heterocycles. The van der Waals surface area contributed by atoms with E-state index < -0.39 is 5.78 Å². The molecule has 0 N–H and O–H groups in total. The zero-order chi connectivity index (χ0) is 12.4. The monoisotopic (exact) mass is 231 g/mol. The van der Waals surface area contributed by atoms with Gasteiger partial charge in [0.05, 0.1) is 0 Å². The molecule has 0 radical (unpaired) electrons. The second-order valence-electron chi connectivity index (χ2n) is 3.92. The number of hydrogen-bond donors (Lipinski definition) is 0. The van der Waals surface area contributed by atoms with Gasteiger partial charge in [-0.25, -0.2) is 4.98 Å². The van der Waals surface area contributed by atoms with Crippen LogP contribution in [-0.4, -0.2) is 16.6 Å². The number of fused-ring (bicyclic) bond motifs is 1. The number of hydrogen-bond acceptors (Lipinski definition) is 4. The van der Waals surface area contributed by atoms with Crippen LogP contribution < -0.4 is 0 Å². The van der Waals surface area contributed by atoms with E-state index in [0.29, 0.717) is 29.0 Å². The highest BCUT2D eigenvalue weighted by Gasteiger charge is 2.16. The Labute approximate surface area is 98.6 Å². The zero-order valence-corrected chi connectivity index (χ0v) is 9.82. The molecule has 4 nitrogen and oxygen atoms in total. The Balaban J connectivity index is 2.35. The first-order valence-electron chi connectivity index (χ1n) is 5.56. The van der Waals surface area contributed by atoms with Gasteiger partial charge in [0, 0.05) is 18.9 Å². The molecule has 0 bridgehead atoms. The highest BCUT2D eigenvalue weighted by atomic mass is 16.3. The number of ketones is 2. The molecular formula is C13H13NO3. The van der Waals surface area contributed by atoms with E-state index in [-0.39, 0.29) is 12.2 Å². The van der Waals surface area contributed by atoms with Crippen LogP contribution >= 0.6 is 0 Å². The first kappa shape index (κ1) is 11.5. The Kier molecular flexibility index (Phi) is 3.04. The largest absolute Gasteiger partial charge is 0.441 e. The lowest BCUT2D eigenvalue weighted by atomic mass is 10.0. The average Bonchev–Trinajstić information content (AvgIpc) is 2.67. The van der Waals surface area contributed by atoms with Crippen molar-refractivity contribution in [1.82, 2.24) is 4.98 Å². The lowest BCUT2D eigenvalue weighted by molar-refractivity contribution is -0.115. The van der Waals surface area contributed by atoms with Gasteiger partial charge in [-0.05, 0) is 24.6 Å². The van der Waals surface area contributed by atoms with Crippen molar-refractivity contribution in [1.29, 1.82) is 0 Å². The lowest BCUT2D eigenvalue weighted by Crippen LogP contribution is -2.13. The predicted molar refractivity (Wildman–Crippen MR) is 63.0 cm³/mol. The van der Waals surface area contributed by atoms with Crippen molar-refractivity contribution in [2.24, 2.45) is 0 Å². The third kappa shape index (κ3) is 2.25. The fourth-order valence-electron chi connectivity index (χ4n) is 1.69. The molecule has 88 valence electrons. The molecule has 0 amide bonds. The van der Waals surface area contributed by atoms with Crippen LogP contribution in [0.15, 0.2) is 22.6 Å². The van der Waals surface area contributed by atoms with E-state index in [2.05, 4.69) is 4.98 Å². The summed E-state index contributed by atoms with van der Waals surface area (Å²) in [4.78, 5) is 27.4. The Morgan fingerprint density at radius 2 is 2.12 bits per heavy atom. The van der Waals surface area contributed by atoms with Crippen LogP contribution in [0.1, 0.15) is 36.0 Å². The van der Waals surface area contributed by atoms with E-state index in [1.807, 2.05) is 6.92 Å². The summed E-state index contributed by atoms with van der Waals surface area (Å²) in [6.45, 7) is 3.61. The summed E-state index contributed by atoms with van der Waals surface area (Å²) in [5.41, 5.74) is 1.61. The number of oxazole rings is 1. The molecule has 0 aliphatic carbocycles. The van der Waals surface area contributed by atoms with Gasteiger partial charge in [-0.1, -0.05) is 6.92 Å². The second kappa shape index (κ2) is 4.49. The summed E-state index contributed by atoms with van der Waals surface area (Å²) in [7, 11) is 0. The summed E-state index contributed by atoms with van der Waals surface area (Å²) in [5, 5.41) is 0. The molecular weight excluding hydrogens is 218 g/mol. The summed E-state index contributed by atoms with van der Waals surface area (Å²) < 4.78 is 5.30. The maximum absolute atomic E-state index is 11.8. The molecule has 17 heavy (non-hydrogen) atoms. The summed E-state index contributed by atoms with van der Waals surface area (Å²) in [6.07, 6.45) is 0.963. The van der Waals surface area contributed by atoms with Gasteiger partial charge in [0.15, 0.2) is 11.5 Å². The van der Waals surface area contributed by atoms with E-state index in [1.54, 1.807) is 25.1 Å². The number of carbonyl (C=O) groups excluding carboxylic acids is 2. The highest BCUT2D eigenvalue weighted by Crippen LogP contribution is 2.17. The maximum atomic E-state index is 11.8. The van der Waals surface area contributed by atoms with E-state index in [0.717, 1.165) is 0 Å². The fourth-order valence-corrected chi connectivity index (χ4v) is 1.69. The average molecular weight is 231 g/mol. The van der Waals surface area contributed by atoms with E-state index in [4.69, 9.17) is 4.42 Å². The minimum absolute atomic E-state index is 0.286. The highest BCUT2D eigenvalue weighted by molar-refractivity contribution is 6.43. The van der Waals surface area contributed by atoms with Gasteiger partial charge >= 0.3 is 0 Å². The second-order valence-corrected chi connectivity index (χ2v) is 3.92. The van der Waals surface area contributed by atoms with Gasteiger partial charge < -0.3 is 4.42 Å². The normalized spacial score (nSPS) is 10.7. The van der Waals surface area contributed by atoms with Gasteiger partial charge in [-0.3, -0.25) is 9.59 Å². The van der Waals surface area contributed by atoms with Gasteiger partial charge in [-0.2, -0.15) is 0 Å². The van der Waals surface area contributed by atoms with Crippen molar-refractivity contribution < 1.29 is 14.0 Å². The van der Waals surface area contributed by atoms with Crippen molar-refractivity contribution in [2.45, 2.75) is 26.7 Å². The molecule has 1 aromatic carbocycles. The van der Waals surface area contributed by atoms with Crippen LogP contribution in [-0.2, 0) is 4.79 Å². The topological polar surface area (TPSA) is 60.2 Å². The molecule has 0 fully saturated rings. The van der Waals surface area contributed by atoms with Crippen molar-refractivity contribution in [3.8, 4) is 0 Å². The van der Waals surface area contributed by atoms with Crippen molar-refractivity contribution >= 4 is 22.7 Å². The molecule has 4 heteroatoms. The van der Waals surface area contributed by atoms with E-state index >= 15 is 0 Å². The standard InChI is InChI=1S/C13H13NO3/c1-3-4-11(15)13(16)9-5-6-12-10(7-9)14-8(2)17-12/h5-7H,3-4H2,1-2H3. The van der Waals surface area contributed by atoms with Gasteiger partial charge in [0.2, 0.25) is 11.6 Å². The molecule has 0 unspecified atom stereocenters. The molecule has 0 aliphatic rings. The third-order valence-corrected chi connectivity index (χ3v) is 2.49. The molecule has 0 saturated carbocycles. The summed E-state index contributed by atoms with van der Waals surface area (Å²) in [5.74, 6) is -0.258. The Hall–Kier alpha value is -1.97. The number of benzene rings is 1. The Bertz CT molecular complexity index is 583. The van der Waals surface area contributed by atoms with Crippen LogP contribution in [0, 0.1) is 6.92 Å². The predicted octanol–water partition coefficient (Wildman–Crippen LogP) is 2.69. The molecule has 1 heterocycles. The number of aromatic nitrogens is 1. The first-order chi connectivity index (χ1) is 8.11. The van der Waals surface area contributed by atoms with E-state index in [9.17, 15) is 9.59 Å². The van der Waals surface area contributed by atoms with Crippen LogP contribution in [0.3, 0.4) is 0 Å². The molecule has 0 aliphatic heterocycles. The fraction of sp³-hybridized carbons (Fsp3) is 0.308. The first-order valence-corrected chi connectivity index (χ1v) is 5.56. The zero-order valence-electron chi connectivity index (χ0n) is 9.82. The molecule has 1 aromatic heterocycles. The van der Waals surface area contributed by atoms with Crippen molar-refractivity contribution in [3.05, 3.63) is 29.7 Å². The van der Waals surface area contributed by atoms with Crippen LogP contribution in [0.5, 0.6) is 0 Å². The SMILES string of the molecule is CCCC(=O)C(=O)c1ccc2oc(C)nc2c1. The van der Waals surface area contributed by atoms with Crippen molar-refractivity contribution in [2.75, 3.05) is 0 Å². The van der Waals surface area contributed by atoms with E-state index in [1.165, 1.54) is 0 Å². The smallest absolute Gasteiger partial charge is 0.228 e. The van der Waals surface area contributed by atoms with Crippen molar-refractivity contribution in [3.63, 3.8) is 0 Å². The van der Waals surface area contributed by atoms with Crippen LogP contribution in [0.4, 0.5) is 0 Å². The Morgan fingerprint density at radius 1 is 1.35 bits per heavy atom. The number of Topliss-reactive ketones (excluding diaryl/α,β-unsaturated/α-hetero) is 2. The minimum Gasteiger partial charge on any atom is -0.441 e. The Morgan fingerprint density at radius 3 is 2.82 bits per heavy atom. The molecule has 0 spiro atoms. The minimum atomic E-state index is -0.450. The number of carbonyl (C=O) groups is 2. The third-order valence-electron chi connectivity index (χ3n) is 2.49. The number of nitrogens with zero attached hydrogens (tertiary/aromatic N) is 1. The van der Waals surface area contributed by atoms with Crippen LogP contribution in [0.2, 0.25) is 0 Å². The maximum Gasteiger partial charge on any atom is 0.228 e. The van der Waals surface area contributed by atoms with Gasteiger partial charge in [-0.15, -0.1) is 0 Å². The van der Waals surface area contributed by atoms with Crippen LogP contribution in [0.25, 0.3) is 11.1 Å². The van der Waals surface area contributed by atoms with Gasteiger partial charge in [0.25, 0.3) is 0 Å². The van der Waals surface area contributed by atoms with Gasteiger partial charge in [0.1, 0.15) is 5.52 Å². The summed E-state index contributed by atoms with van der Waals surface area (Å²) in [6, 6.07) is 4.87. The molecule has 2 rings (SSSR count). The quantitative estimate of drug-likeness (QED) is 0.599. The molecule has 2 aromatic rings. The summed E-state index contributed by atoms with van der Waals surface area (Å²) >= 11 is 0.